The van der Waals surface area contributed by atoms with E-state index in [1.165, 1.54) is 28.4 Å². The maximum absolute atomic E-state index is 12.4. The molecule has 1 aliphatic carbocycles. The number of hydrogen-bond donors (Lipinski definition) is 0. The molecule has 3 aromatic rings. The minimum Gasteiger partial charge on any atom is -0.462 e. The SMILES string of the molecule is CCOC(=O)c1sc(Oc2cccnc2C)c2c1CCc1cnsc1-2. The fourth-order valence-electron chi connectivity index (χ4n) is 2.92. The van der Waals surface area contributed by atoms with Crippen LogP contribution in [0, 0.1) is 6.92 Å². The van der Waals surface area contributed by atoms with Gasteiger partial charge in [0.25, 0.3) is 0 Å². The van der Waals surface area contributed by atoms with Gasteiger partial charge in [0.05, 0.1) is 22.7 Å². The van der Waals surface area contributed by atoms with Gasteiger partial charge in [0, 0.05) is 12.4 Å². The normalized spacial score (nSPS) is 12.4. The number of aromatic nitrogens is 2. The van der Waals surface area contributed by atoms with Crippen LogP contribution in [0.15, 0.2) is 24.5 Å². The highest BCUT2D eigenvalue weighted by molar-refractivity contribution is 7.17. The van der Waals surface area contributed by atoms with Crippen molar-refractivity contribution in [1.82, 2.24) is 9.36 Å². The van der Waals surface area contributed by atoms with E-state index in [-0.39, 0.29) is 5.97 Å². The second-order valence-corrected chi connectivity index (χ2v) is 7.45. The zero-order valence-corrected chi connectivity index (χ0v) is 15.5. The number of carbonyl (C=O) groups excluding carboxylic acids is 1. The Morgan fingerprint density at radius 1 is 1.36 bits per heavy atom. The highest BCUT2D eigenvalue weighted by Crippen LogP contribution is 2.50. The fraction of sp³-hybridized carbons (Fsp3) is 0.278. The third kappa shape index (κ3) is 2.83. The Morgan fingerprint density at radius 2 is 2.24 bits per heavy atom. The van der Waals surface area contributed by atoms with Crippen molar-refractivity contribution in [3.05, 3.63) is 46.2 Å². The lowest BCUT2D eigenvalue weighted by molar-refractivity contribution is 0.0531. The summed E-state index contributed by atoms with van der Waals surface area (Å²) in [7, 11) is 0. The largest absolute Gasteiger partial charge is 0.462 e. The molecule has 0 saturated carbocycles. The van der Waals surface area contributed by atoms with Gasteiger partial charge in [-0.25, -0.2) is 9.17 Å². The smallest absolute Gasteiger partial charge is 0.348 e. The maximum Gasteiger partial charge on any atom is 0.348 e. The molecule has 4 rings (SSSR count). The molecule has 3 heterocycles. The highest BCUT2D eigenvalue weighted by atomic mass is 32.1. The number of ether oxygens (including phenoxy) is 2. The molecule has 1 aliphatic rings. The quantitative estimate of drug-likeness (QED) is 0.624. The summed E-state index contributed by atoms with van der Waals surface area (Å²) < 4.78 is 15.7. The first kappa shape index (κ1) is 16.2. The Hall–Kier alpha value is -2.25. The molecule has 0 atom stereocenters. The molecular formula is C18H16N2O3S2. The molecule has 3 aromatic heterocycles. The van der Waals surface area contributed by atoms with E-state index in [4.69, 9.17) is 9.47 Å². The fourth-order valence-corrected chi connectivity index (χ4v) is 4.97. The van der Waals surface area contributed by atoms with Crippen LogP contribution in [0.3, 0.4) is 0 Å². The average molecular weight is 372 g/mol. The third-order valence-electron chi connectivity index (χ3n) is 4.11. The molecule has 0 amide bonds. The van der Waals surface area contributed by atoms with Gasteiger partial charge in [0.15, 0.2) is 5.06 Å². The van der Waals surface area contributed by atoms with Crippen LogP contribution in [0.4, 0.5) is 0 Å². The molecule has 0 bridgehead atoms. The minimum absolute atomic E-state index is 0.283. The number of esters is 1. The van der Waals surface area contributed by atoms with Crippen molar-refractivity contribution in [2.45, 2.75) is 26.7 Å². The van der Waals surface area contributed by atoms with Gasteiger partial charge in [-0.3, -0.25) is 4.98 Å². The first-order valence-corrected chi connectivity index (χ1v) is 9.64. The van der Waals surface area contributed by atoms with Crippen molar-refractivity contribution < 1.29 is 14.3 Å². The molecule has 5 nitrogen and oxygen atoms in total. The molecule has 0 aromatic carbocycles. The minimum atomic E-state index is -0.283. The van der Waals surface area contributed by atoms with E-state index in [1.807, 2.05) is 32.2 Å². The van der Waals surface area contributed by atoms with Crippen molar-refractivity contribution in [2.75, 3.05) is 6.61 Å². The summed E-state index contributed by atoms with van der Waals surface area (Å²) in [4.78, 5) is 18.4. The van der Waals surface area contributed by atoms with Crippen LogP contribution in [0.5, 0.6) is 10.8 Å². The van der Waals surface area contributed by atoms with Crippen LogP contribution >= 0.6 is 22.9 Å². The highest BCUT2D eigenvalue weighted by Gasteiger charge is 2.31. The van der Waals surface area contributed by atoms with Crippen molar-refractivity contribution in [2.24, 2.45) is 0 Å². The predicted octanol–water partition coefficient (Wildman–Crippen LogP) is 4.64. The van der Waals surface area contributed by atoms with E-state index in [0.29, 0.717) is 22.3 Å². The Bertz CT molecular complexity index is 946. The van der Waals surface area contributed by atoms with Crippen LogP contribution in [0.1, 0.15) is 33.4 Å². The second kappa shape index (κ2) is 6.57. The molecule has 0 radical (unpaired) electrons. The molecule has 0 spiro atoms. The summed E-state index contributed by atoms with van der Waals surface area (Å²) in [6, 6.07) is 3.72. The van der Waals surface area contributed by atoms with Gasteiger partial charge in [-0.05, 0) is 61.5 Å². The topological polar surface area (TPSA) is 61.3 Å². The zero-order valence-electron chi connectivity index (χ0n) is 13.9. The molecular weight excluding hydrogens is 356 g/mol. The zero-order chi connectivity index (χ0) is 17.4. The number of thiophene rings is 1. The number of aryl methyl sites for hydroxylation is 2. The van der Waals surface area contributed by atoms with Gasteiger partial charge in [0.2, 0.25) is 0 Å². The molecule has 0 saturated heterocycles. The lowest BCUT2D eigenvalue weighted by atomic mass is 9.93. The summed E-state index contributed by atoms with van der Waals surface area (Å²) in [5, 5.41) is 0.708. The van der Waals surface area contributed by atoms with E-state index in [0.717, 1.165) is 34.5 Å². The number of pyridine rings is 1. The summed E-state index contributed by atoms with van der Waals surface area (Å²) in [5.41, 5.74) is 4.01. The summed E-state index contributed by atoms with van der Waals surface area (Å²) in [6.07, 6.45) is 5.31. The molecule has 0 fully saturated rings. The Labute approximate surface area is 153 Å². The second-order valence-electron chi connectivity index (χ2n) is 5.66. The van der Waals surface area contributed by atoms with Gasteiger partial charge in [-0.2, -0.15) is 0 Å². The van der Waals surface area contributed by atoms with Crippen molar-refractivity contribution in [3.63, 3.8) is 0 Å². The molecule has 0 aliphatic heterocycles. The molecule has 25 heavy (non-hydrogen) atoms. The van der Waals surface area contributed by atoms with Gasteiger partial charge in [-0.1, -0.05) is 11.3 Å². The standard InChI is InChI=1S/C18H16N2O3S2/c1-3-22-17(21)16-12-7-6-11-9-20-25-15(11)14(12)18(24-16)23-13-5-4-8-19-10(13)2/h4-5,8-9H,3,6-7H2,1-2H3. The number of nitrogens with zero attached hydrogens (tertiary/aromatic N) is 2. The van der Waals surface area contributed by atoms with Crippen molar-refractivity contribution in [3.8, 4) is 21.3 Å². The van der Waals surface area contributed by atoms with E-state index in [1.54, 1.807) is 6.20 Å². The van der Waals surface area contributed by atoms with Crippen LogP contribution in [-0.4, -0.2) is 21.9 Å². The molecule has 128 valence electrons. The Morgan fingerprint density at radius 3 is 3.04 bits per heavy atom. The number of fused-ring (bicyclic) bond motifs is 3. The average Bonchev–Trinajstić information content (AvgIpc) is 3.21. The van der Waals surface area contributed by atoms with E-state index >= 15 is 0 Å². The van der Waals surface area contributed by atoms with Crippen molar-refractivity contribution in [1.29, 1.82) is 0 Å². The van der Waals surface area contributed by atoms with Gasteiger partial charge in [-0.15, -0.1) is 0 Å². The lowest BCUT2D eigenvalue weighted by Crippen LogP contribution is -2.08. The van der Waals surface area contributed by atoms with E-state index in [2.05, 4.69) is 9.36 Å². The summed E-state index contributed by atoms with van der Waals surface area (Å²) in [5.74, 6) is 0.410. The van der Waals surface area contributed by atoms with Crippen LogP contribution < -0.4 is 4.74 Å². The predicted molar refractivity (Wildman–Crippen MR) is 97.8 cm³/mol. The van der Waals surface area contributed by atoms with E-state index in [9.17, 15) is 4.79 Å². The van der Waals surface area contributed by atoms with E-state index < -0.39 is 0 Å². The number of rotatable bonds is 4. The first-order chi connectivity index (χ1) is 12.2. The summed E-state index contributed by atoms with van der Waals surface area (Å²) >= 11 is 2.79. The number of hydrogen-bond acceptors (Lipinski definition) is 7. The van der Waals surface area contributed by atoms with Crippen LogP contribution in [0.2, 0.25) is 0 Å². The Balaban J connectivity index is 1.84. The third-order valence-corrected chi connectivity index (χ3v) is 6.06. The summed E-state index contributed by atoms with van der Waals surface area (Å²) in [6.45, 7) is 4.07. The lowest BCUT2D eigenvalue weighted by Gasteiger charge is -2.14. The van der Waals surface area contributed by atoms with Crippen molar-refractivity contribution >= 4 is 28.8 Å². The number of carbonyl (C=O) groups is 1. The van der Waals surface area contributed by atoms with Gasteiger partial charge in [0.1, 0.15) is 10.6 Å². The Kier molecular flexibility index (Phi) is 4.27. The van der Waals surface area contributed by atoms with Crippen LogP contribution in [0.25, 0.3) is 10.4 Å². The monoisotopic (exact) mass is 372 g/mol. The van der Waals surface area contributed by atoms with Gasteiger partial charge >= 0.3 is 5.97 Å². The van der Waals surface area contributed by atoms with Crippen LogP contribution in [-0.2, 0) is 17.6 Å². The first-order valence-electron chi connectivity index (χ1n) is 8.05. The molecule has 7 heteroatoms. The molecule has 0 unspecified atom stereocenters. The van der Waals surface area contributed by atoms with Gasteiger partial charge < -0.3 is 9.47 Å². The maximum atomic E-state index is 12.4. The molecule has 0 N–H and O–H groups in total.